The Hall–Kier alpha value is -3.02. The molecule has 156 valence electrons. The number of methoxy groups -OCH3 is 1. The highest BCUT2D eigenvalue weighted by atomic mass is 16.5. The highest BCUT2D eigenvalue weighted by molar-refractivity contribution is 6.10. The van der Waals surface area contributed by atoms with Gasteiger partial charge in [-0.15, -0.1) is 0 Å². The number of hydrogen-bond donors (Lipinski definition) is 2. The van der Waals surface area contributed by atoms with E-state index in [0.717, 1.165) is 28.1 Å². The first-order valence-electron chi connectivity index (χ1n) is 9.59. The van der Waals surface area contributed by atoms with E-state index in [2.05, 4.69) is 10.6 Å². The summed E-state index contributed by atoms with van der Waals surface area (Å²) in [6.45, 7) is 9.72. The van der Waals surface area contributed by atoms with E-state index in [9.17, 15) is 9.59 Å². The van der Waals surface area contributed by atoms with E-state index in [0.29, 0.717) is 18.9 Å². The fourth-order valence-electron chi connectivity index (χ4n) is 2.98. The standard InChI is InChI=1S/C23H30N2O4/c1-15-13-16(2)20(17(3)14-15)25-22(27)23(4,5)21(26)24-11-12-29-19-9-7-18(28-6)8-10-19/h7-10,13-14H,11-12H2,1-6H3,(H,24,26)(H,25,27). The number of anilines is 1. The van der Waals surface area contributed by atoms with E-state index in [4.69, 9.17) is 9.47 Å². The number of amides is 2. The molecule has 6 nitrogen and oxygen atoms in total. The summed E-state index contributed by atoms with van der Waals surface area (Å²) in [5.74, 6) is 0.733. The Morgan fingerprint density at radius 3 is 2.03 bits per heavy atom. The first kappa shape index (κ1) is 22.3. The average molecular weight is 399 g/mol. The van der Waals surface area contributed by atoms with Crippen LogP contribution < -0.4 is 20.1 Å². The Morgan fingerprint density at radius 2 is 1.48 bits per heavy atom. The van der Waals surface area contributed by atoms with Crippen LogP contribution in [0.5, 0.6) is 11.5 Å². The van der Waals surface area contributed by atoms with Gasteiger partial charge in [0.05, 0.1) is 13.7 Å². The van der Waals surface area contributed by atoms with Gasteiger partial charge >= 0.3 is 0 Å². The number of aryl methyl sites for hydroxylation is 3. The monoisotopic (exact) mass is 398 g/mol. The summed E-state index contributed by atoms with van der Waals surface area (Å²) in [5.41, 5.74) is 2.61. The maximum Gasteiger partial charge on any atom is 0.239 e. The molecule has 0 saturated carbocycles. The van der Waals surface area contributed by atoms with Crippen molar-refractivity contribution in [1.29, 1.82) is 0 Å². The molecule has 0 bridgehead atoms. The molecule has 0 spiro atoms. The van der Waals surface area contributed by atoms with Gasteiger partial charge in [-0.25, -0.2) is 0 Å². The lowest BCUT2D eigenvalue weighted by Crippen LogP contribution is -2.46. The summed E-state index contributed by atoms with van der Waals surface area (Å²) < 4.78 is 10.7. The predicted molar refractivity (Wildman–Crippen MR) is 115 cm³/mol. The van der Waals surface area contributed by atoms with Crippen LogP contribution in [0.2, 0.25) is 0 Å². The molecule has 0 aromatic heterocycles. The fourth-order valence-corrected chi connectivity index (χ4v) is 2.98. The summed E-state index contributed by atoms with van der Waals surface area (Å²) in [4.78, 5) is 25.3. The van der Waals surface area contributed by atoms with Crippen molar-refractivity contribution in [1.82, 2.24) is 5.32 Å². The summed E-state index contributed by atoms with van der Waals surface area (Å²) in [5, 5.41) is 5.68. The van der Waals surface area contributed by atoms with Crippen LogP contribution in [0, 0.1) is 26.2 Å². The molecule has 0 aliphatic heterocycles. The molecule has 2 rings (SSSR count). The topological polar surface area (TPSA) is 76.7 Å². The van der Waals surface area contributed by atoms with Gasteiger partial charge in [-0.2, -0.15) is 0 Å². The lowest BCUT2D eigenvalue weighted by atomic mass is 9.90. The molecule has 2 N–H and O–H groups in total. The summed E-state index contributed by atoms with van der Waals surface area (Å²) in [7, 11) is 1.60. The maximum atomic E-state index is 12.8. The van der Waals surface area contributed by atoms with Gasteiger partial charge in [0, 0.05) is 5.69 Å². The van der Waals surface area contributed by atoms with Crippen LogP contribution in [0.4, 0.5) is 5.69 Å². The lowest BCUT2D eigenvalue weighted by Gasteiger charge is -2.24. The number of hydrogen-bond acceptors (Lipinski definition) is 4. The van der Waals surface area contributed by atoms with Crippen molar-refractivity contribution in [2.45, 2.75) is 34.6 Å². The third kappa shape index (κ3) is 5.73. The van der Waals surface area contributed by atoms with Crippen LogP contribution >= 0.6 is 0 Å². The normalized spacial score (nSPS) is 11.0. The SMILES string of the molecule is COc1ccc(OCCNC(=O)C(C)(C)C(=O)Nc2c(C)cc(C)cc2C)cc1. The van der Waals surface area contributed by atoms with Crippen LogP contribution in [0.3, 0.4) is 0 Å². The van der Waals surface area contributed by atoms with Crippen molar-refractivity contribution in [3.05, 3.63) is 53.1 Å². The highest BCUT2D eigenvalue weighted by Crippen LogP contribution is 2.25. The van der Waals surface area contributed by atoms with Crippen molar-refractivity contribution in [2.75, 3.05) is 25.6 Å². The summed E-state index contributed by atoms with van der Waals surface area (Å²) >= 11 is 0. The molecule has 0 saturated heterocycles. The molecule has 0 heterocycles. The number of benzene rings is 2. The average Bonchev–Trinajstić information content (AvgIpc) is 2.67. The molecule has 0 aliphatic carbocycles. The van der Waals surface area contributed by atoms with Crippen molar-refractivity contribution >= 4 is 17.5 Å². The molecule has 2 amide bonds. The van der Waals surface area contributed by atoms with E-state index in [1.807, 2.05) is 32.9 Å². The highest BCUT2D eigenvalue weighted by Gasteiger charge is 2.36. The van der Waals surface area contributed by atoms with Gasteiger partial charge in [-0.3, -0.25) is 9.59 Å². The molecular weight excluding hydrogens is 368 g/mol. The van der Waals surface area contributed by atoms with Gasteiger partial charge < -0.3 is 20.1 Å². The van der Waals surface area contributed by atoms with Gasteiger partial charge in [0.15, 0.2) is 0 Å². The fraction of sp³-hybridized carbons (Fsp3) is 0.391. The molecule has 0 aliphatic rings. The maximum absolute atomic E-state index is 12.8. The molecular formula is C23H30N2O4. The molecule has 2 aromatic rings. The Morgan fingerprint density at radius 1 is 0.931 bits per heavy atom. The zero-order valence-electron chi connectivity index (χ0n) is 18.0. The molecule has 0 atom stereocenters. The molecule has 0 fully saturated rings. The van der Waals surface area contributed by atoms with Gasteiger partial charge in [0.1, 0.15) is 23.5 Å². The lowest BCUT2D eigenvalue weighted by molar-refractivity contribution is -0.138. The first-order chi connectivity index (χ1) is 13.6. The number of carbonyl (C=O) groups is 2. The van der Waals surface area contributed by atoms with E-state index in [1.165, 1.54) is 0 Å². The first-order valence-corrected chi connectivity index (χ1v) is 9.59. The van der Waals surface area contributed by atoms with Gasteiger partial charge in [-0.05, 0) is 70.0 Å². The molecule has 6 heteroatoms. The molecule has 0 unspecified atom stereocenters. The molecule has 29 heavy (non-hydrogen) atoms. The molecule has 0 radical (unpaired) electrons. The van der Waals surface area contributed by atoms with Gasteiger partial charge in [-0.1, -0.05) is 17.7 Å². The Bertz CT molecular complexity index is 850. The van der Waals surface area contributed by atoms with Crippen LogP contribution in [0.25, 0.3) is 0 Å². The van der Waals surface area contributed by atoms with E-state index >= 15 is 0 Å². The minimum atomic E-state index is -1.22. The number of rotatable bonds is 8. The number of ether oxygens (including phenoxy) is 2. The third-order valence-electron chi connectivity index (χ3n) is 4.77. The quantitative estimate of drug-likeness (QED) is 0.524. The van der Waals surface area contributed by atoms with Crippen LogP contribution in [0.15, 0.2) is 36.4 Å². The van der Waals surface area contributed by atoms with Crippen molar-refractivity contribution in [3.8, 4) is 11.5 Å². The Labute approximate surface area is 172 Å². The second-order valence-electron chi connectivity index (χ2n) is 7.63. The minimum Gasteiger partial charge on any atom is -0.497 e. The second-order valence-corrected chi connectivity index (χ2v) is 7.63. The van der Waals surface area contributed by atoms with E-state index < -0.39 is 5.41 Å². The second kappa shape index (κ2) is 9.45. The Balaban J connectivity index is 1.89. The van der Waals surface area contributed by atoms with Crippen LogP contribution in [0.1, 0.15) is 30.5 Å². The predicted octanol–water partition coefficient (Wildman–Crippen LogP) is 3.78. The summed E-state index contributed by atoms with van der Waals surface area (Å²) in [6.07, 6.45) is 0. The third-order valence-corrected chi connectivity index (χ3v) is 4.77. The molecule has 2 aromatic carbocycles. The zero-order chi connectivity index (χ0) is 21.6. The smallest absolute Gasteiger partial charge is 0.239 e. The van der Waals surface area contributed by atoms with Gasteiger partial charge in [0.2, 0.25) is 11.8 Å². The number of nitrogens with one attached hydrogen (secondary N) is 2. The number of carbonyl (C=O) groups excluding carboxylic acids is 2. The minimum absolute atomic E-state index is 0.296. The van der Waals surface area contributed by atoms with Crippen LogP contribution in [-0.2, 0) is 9.59 Å². The van der Waals surface area contributed by atoms with Crippen molar-refractivity contribution < 1.29 is 19.1 Å². The summed E-state index contributed by atoms with van der Waals surface area (Å²) in [6, 6.07) is 11.2. The van der Waals surface area contributed by atoms with E-state index in [-0.39, 0.29) is 11.8 Å². The zero-order valence-corrected chi connectivity index (χ0v) is 18.0. The van der Waals surface area contributed by atoms with Crippen molar-refractivity contribution in [2.24, 2.45) is 5.41 Å². The van der Waals surface area contributed by atoms with Gasteiger partial charge in [0.25, 0.3) is 0 Å². The largest absolute Gasteiger partial charge is 0.497 e. The van der Waals surface area contributed by atoms with Crippen LogP contribution in [-0.4, -0.2) is 32.1 Å². The van der Waals surface area contributed by atoms with E-state index in [1.54, 1.807) is 45.2 Å². The Kier molecular flexibility index (Phi) is 7.26. The van der Waals surface area contributed by atoms with Crippen molar-refractivity contribution in [3.63, 3.8) is 0 Å².